The molecule has 0 bridgehead atoms. The van der Waals surface area contributed by atoms with Gasteiger partial charge in [0.1, 0.15) is 12.2 Å². The van der Waals surface area contributed by atoms with Crippen molar-refractivity contribution in [3.8, 4) is 11.8 Å². The average Bonchev–Trinajstić information content (AvgIpc) is 2.87. The monoisotopic (exact) mass is 360 g/mol. The maximum Gasteiger partial charge on any atom is 0.131 e. The average molecular weight is 360 g/mol. The Morgan fingerprint density at radius 1 is 1.08 bits per heavy atom. The summed E-state index contributed by atoms with van der Waals surface area (Å²) in [6.07, 6.45) is 7.08. The first-order valence-corrected chi connectivity index (χ1v) is 10.2. The number of fused-ring (bicyclic) bond motifs is 5. The van der Waals surface area contributed by atoms with Gasteiger partial charge < -0.3 is 20.4 Å². The lowest BCUT2D eigenvalue weighted by molar-refractivity contribution is -0.123. The highest BCUT2D eigenvalue weighted by Crippen LogP contribution is 2.67. The zero-order valence-corrected chi connectivity index (χ0v) is 15.9. The van der Waals surface area contributed by atoms with Crippen LogP contribution in [0.2, 0.25) is 0 Å². The maximum atomic E-state index is 11.3. The summed E-state index contributed by atoms with van der Waals surface area (Å²) in [7, 11) is 0. The molecule has 0 radical (unpaired) electrons. The fourth-order valence-corrected chi connectivity index (χ4v) is 7.04. The minimum atomic E-state index is -1.07. The first kappa shape index (κ1) is 18.5. The van der Waals surface area contributed by atoms with Gasteiger partial charge in [0.2, 0.25) is 0 Å². The van der Waals surface area contributed by atoms with Crippen molar-refractivity contribution in [3.63, 3.8) is 0 Å². The Kier molecular flexibility index (Phi) is 4.32. The third-order valence-electron chi connectivity index (χ3n) is 8.63. The zero-order chi connectivity index (χ0) is 18.7. The molecule has 26 heavy (non-hydrogen) atoms. The highest BCUT2D eigenvalue weighted by molar-refractivity contribution is 5.31. The van der Waals surface area contributed by atoms with Gasteiger partial charge in [0, 0.05) is 5.41 Å². The fourth-order valence-electron chi connectivity index (χ4n) is 7.04. The predicted molar refractivity (Wildman–Crippen MR) is 98.9 cm³/mol. The molecule has 8 atom stereocenters. The molecule has 0 heterocycles. The minimum Gasteiger partial charge on any atom is -0.393 e. The molecule has 0 aliphatic heterocycles. The SMILES string of the molecule is C[C@]12CCC(O)CC1=CC(O)[C@@H]1[C@H]2CC[C@@]2(C)[C@H]1CCC2(O)C#CCO. The van der Waals surface area contributed by atoms with Crippen molar-refractivity contribution in [1.82, 2.24) is 0 Å². The topological polar surface area (TPSA) is 80.9 Å². The van der Waals surface area contributed by atoms with Crippen LogP contribution in [0, 0.1) is 40.4 Å². The van der Waals surface area contributed by atoms with E-state index in [4.69, 9.17) is 5.11 Å². The second kappa shape index (κ2) is 6.07. The van der Waals surface area contributed by atoms with E-state index in [0.717, 1.165) is 32.1 Å². The van der Waals surface area contributed by atoms with Gasteiger partial charge in [-0.1, -0.05) is 37.3 Å². The summed E-state index contributed by atoms with van der Waals surface area (Å²) in [5.41, 5.74) is -0.115. The van der Waals surface area contributed by atoms with Gasteiger partial charge in [0.05, 0.1) is 12.2 Å². The molecule has 3 unspecified atom stereocenters. The van der Waals surface area contributed by atoms with Crippen LogP contribution in [0.5, 0.6) is 0 Å². The summed E-state index contributed by atoms with van der Waals surface area (Å²) >= 11 is 0. The first-order chi connectivity index (χ1) is 12.2. The van der Waals surface area contributed by atoms with Gasteiger partial charge in [0.15, 0.2) is 0 Å². The molecule has 4 nitrogen and oxygen atoms in total. The van der Waals surface area contributed by atoms with Crippen molar-refractivity contribution >= 4 is 0 Å². The van der Waals surface area contributed by atoms with Crippen LogP contribution >= 0.6 is 0 Å². The highest BCUT2D eigenvalue weighted by atomic mass is 16.3. The second-order valence-electron chi connectivity index (χ2n) is 9.60. The van der Waals surface area contributed by atoms with E-state index in [0.29, 0.717) is 18.8 Å². The van der Waals surface area contributed by atoms with Crippen molar-refractivity contribution in [3.05, 3.63) is 11.6 Å². The molecule has 144 valence electrons. The Balaban J connectivity index is 1.71. The Bertz CT molecular complexity index is 675. The van der Waals surface area contributed by atoms with Crippen molar-refractivity contribution in [1.29, 1.82) is 0 Å². The zero-order valence-electron chi connectivity index (χ0n) is 15.9. The molecule has 0 aromatic heterocycles. The molecule has 0 saturated heterocycles. The van der Waals surface area contributed by atoms with Crippen LogP contribution in [-0.4, -0.2) is 44.8 Å². The standard InChI is InChI=1S/C22H32O4/c1-20-8-4-15(24)12-14(20)13-18(25)19-16(20)5-9-21(2)17(19)6-10-22(21,26)7-3-11-23/h13,15-19,23-26H,4-6,8-12H2,1-2H3/t15?,16-,17+,18?,19-,20+,21+,22?/m1/s1. The van der Waals surface area contributed by atoms with Crippen molar-refractivity contribution in [2.75, 3.05) is 6.61 Å². The normalized spacial score (nSPS) is 52.8. The molecular weight excluding hydrogens is 328 g/mol. The molecule has 3 fully saturated rings. The van der Waals surface area contributed by atoms with Gasteiger partial charge in [-0.25, -0.2) is 0 Å². The first-order valence-electron chi connectivity index (χ1n) is 10.2. The Morgan fingerprint density at radius 2 is 1.81 bits per heavy atom. The quantitative estimate of drug-likeness (QED) is 0.393. The molecule has 4 aliphatic carbocycles. The van der Waals surface area contributed by atoms with E-state index in [1.54, 1.807) is 0 Å². The lowest BCUT2D eigenvalue weighted by Gasteiger charge is -2.59. The molecule has 0 aromatic carbocycles. The van der Waals surface area contributed by atoms with E-state index in [1.807, 2.05) is 6.08 Å². The van der Waals surface area contributed by atoms with Crippen LogP contribution in [0.25, 0.3) is 0 Å². The fraction of sp³-hybridized carbons (Fsp3) is 0.818. The number of hydrogen-bond donors (Lipinski definition) is 4. The van der Waals surface area contributed by atoms with Gasteiger partial charge in [0.25, 0.3) is 0 Å². The molecule has 0 aromatic rings. The molecule has 0 spiro atoms. The summed E-state index contributed by atoms with van der Waals surface area (Å²) in [6, 6.07) is 0. The minimum absolute atomic E-state index is 0.0575. The second-order valence-corrected chi connectivity index (χ2v) is 9.60. The van der Waals surface area contributed by atoms with E-state index in [9.17, 15) is 15.3 Å². The molecule has 4 heteroatoms. The van der Waals surface area contributed by atoms with Gasteiger partial charge in [-0.05, 0) is 68.1 Å². The summed E-state index contributed by atoms with van der Waals surface area (Å²) in [5.74, 6) is 6.41. The predicted octanol–water partition coefficient (Wildman–Crippen LogP) is 2.01. The van der Waals surface area contributed by atoms with Crippen molar-refractivity contribution in [2.24, 2.45) is 28.6 Å². The van der Waals surface area contributed by atoms with Gasteiger partial charge >= 0.3 is 0 Å². The largest absolute Gasteiger partial charge is 0.393 e. The van der Waals surface area contributed by atoms with E-state index in [1.165, 1.54) is 5.57 Å². The van der Waals surface area contributed by atoms with Gasteiger partial charge in [-0.2, -0.15) is 0 Å². The smallest absolute Gasteiger partial charge is 0.131 e. The summed E-state index contributed by atoms with van der Waals surface area (Å²) < 4.78 is 0. The molecule has 0 amide bonds. The summed E-state index contributed by atoms with van der Waals surface area (Å²) in [5, 5.41) is 41.5. The van der Waals surface area contributed by atoms with E-state index < -0.39 is 11.7 Å². The van der Waals surface area contributed by atoms with Crippen LogP contribution in [0.15, 0.2) is 11.6 Å². The number of aliphatic hydroxyl groups excluding tert-OH is 3. The van der Waals surface area contributed by atoms with E-state index >= 15 is 0 Å². The van der Waals surface area contributed by atoms with Crippen molar-refractivity contribution in [2.45, 2.75) is 76.6 Å². The highest BCUT2D eigenvalue weighted by Gasteiger charge is 2.64. The molecule has 4 aliphatic rings. The Labute approximate surface area is 156 Å². The molecule has 3 saturated carbocycles. The molecule has 4 N–H and O–H groups in total. The number of rotatable bonds is 0. The summed E-state index contributed by atoms with van der Waals surface area (Å²) in [4.78, 5) is 0. The third kappa shape index (κ3) is 2.37. The Morgan fingerprint density at radius 3 is 2.54 bits per heavy atom. The lowest BCUT2D eigenvalue weighted by Crippen LogP contribution is -2.57. The van der Waals surface area contributed by atoms with Gasteiger partial charge in [-0.3, -0.25) is 0 Å². The van der Waals surface area contributed by atoms with Crippen LogP contribution in [0.4, 0.5) is 0 Å². The van der Waals surface area contributed by atoms with Gasteiger partial charge in [-0.15, -0.1) is 0 Å². The Hall–Kier alpha value is -0.860. The third-order valence-corrected chi connectivity index (χ3v) is 8.63. The van der Waals surface area contributed by atoms with Crippen LogP contribution in [0.3, 0.4) is 0 Å². The van der Waals surface area contributed by atoms with Crippen LogP contribution in [0.1, 0.15) is 58.8 Å². The van der Waals surface area contributed by atoms with Crippen LogP contribution in [-0.2, 0) is 0 Å². The molecular formula is C22H32O4. The van der Waals surface area contributed by atoms with E-state index in [-0.39, 0.29) is 35.4 Å². The van der Waals surface area contributed by atoms with E-state index in [2.05, 4.69) is 25.7 Å². The van der Waals surface area contributed by atoms with Crippen molar-refractivity contribution < 1.29 is 20.4 Å². The number of aliphatic hydroxyl groups is 4. The lowest BCUT2D eigenvalue weighted by atomic mass is 9.46. The molecule has 4 rings (SSSR count). The maximum absolute atomic E-state index is 11.3. The van der Waals surface area contributed by atoms with Crippen LogP contribution < -0.4 is 0 Å². The number of hydrogen-bond acceptors (Lipinski definition) is 4. The summed E-state index contributed by atoms with van der Waals surface area (Å²) in [6.45, 7) is 4.22.